The van der Waals surface area contributed by atoms with Crippen molar-refractivity contribution in [1.29, 1.82) is 0 Å². The van der Waals surface area contributed by atoms with Crippen molar-refractivity contribution < 1.29 is 4.79 Å². The van der Waals surface area contributed by atoms with E-state index in [9.17, 15) is 4.79 Å². The number of likely N-dealkylation sites (N-methyl/N-ethyl adjacent to an activating group) is 1. The van der Waals surface area contributed by atoms with Gasteiger partial charge in [-0.1, -0.05) is 11.3 Å². The number of amides is 2. The van der Waals surface area contributed by atoms with Gasteiger partial charge in [0, 0.05) is 12.6 Å². The Labute approximate surface area is 98.0 Å². The third-order valence-electron chi connectivity index (χ3n) is 2.75. The van der Waals surface area contributed by atoms with Gasteiger partial charge < -0.3 is 10.2 Å². The minimum Gasteiger partial charge on any atom is -0.336 e. The van der Waals surface area contributed by atoms with Crippen LogP contribution in [-0.4, -0.2) is 47.3 Å². The van der Waals surface area contributed by atoms with E-state index in [0.717, 1.165) is 13.0 Å². The predicted octanol–water partition coefficient (Wildman–Crippen LogP) is 0.754. The zero-order valence-electron chi connectivity index (χ0n) is 9.14. The van der Waals surface area contributed by atoms with Crippen molar-refractivity contribution in [2.24, 2.45) is 0 Å². The van der Waals surface area contributed by atoms with E-state index < -0.39 is 0 Å². The number of rotatable bonds is 3. The highest BCUT2D eigenvalue weighted by Crippen LogP contribution is 2.13. The van der Waals surface area contributed by atoms with Gasteiger partial charge in [0.15, 0.2) is 0 Å². The van der Waals surface area contributed by atoms with Gasteiger partial charge in [0.25, 0.3) is 0 Å². The van der Waals surface area contributed by atoms with E-state index in [0.29, 0.717) is 17.7 Å². The minimum atomic E-state index is -0.211. The van der Waals surface area contributed by atoms with Crippen molar-refractivity contribution in [3.05, 3.63) is 5.51 Å². The molecule has 1 saturated heterocycles. The van der Waals surface area contributed by atoms with E-state index in [2.05, 4.69) is 32.8 Å². The third kappa shape index (κ3) is 2.89. The van der Waals surface area contributed by atoms with E-state index in [1.165, 1.54) is 17.8 Å². The van der Waals surface area contributed by atoms with Crippen LogP contribution in [-0.2, 0) is 0 Å². The van der Waals surface area contributed by atoms with Gasteiger partial charge in [0.2, 0.25) is 5.13 Å². The number of aromatic nitrogens is 2. The minimum absolute atomic E-state index is 0.211. The van der Waals surface area contributed by atoms with E-state index in [4.69, 9.17) is 0 Å². The predicted molar refractivity (Wildman–Crippen MR) is 62.6 cm³/mol. The maximum absolute atomic E-state index is 11.5. The molecule has 0 spiro atoms. The normalized spacial score (nSPS) is 20.9. The SMILES string of the molecule is CN1CCCC1CNC(=O)Nc1nncs1. The number of hydrogen-bond acceptors (Lipinski definition) is 5. The number of likely N-dealkylation sites (tertiary alicyclic amines) is 1. The van der Waals surface area contributed by atoms with Gasteiger partial charge in [-0.15, -0.1) is 10.2 Å². The average molecular weight is 241 g/mol. The maximum Gasteiger partial charge on any atom is 0.321 e. The molecule has 1 aromatic heterocycles. The number of carbonyl (C=O) groups excluding carboxylic acids is 1. The second kappa shape index (κ2) is 5.22. The Bertz CT molecular complexity index is 342. The highest BCUT2D eigenvalue weighted by molar-refractivity contribution is 7.13. The number of urea groups is 1. The van der Waals surface area contributed by atoms with Crippen LogP contribution in [0.4, 0.5) is 9.93 Å². The van der Waals surface area contributed by atoms with Crippen LogP contribution in [0.1, 0.15) is 12.8 Å². The van der Waals surface area contributed by atoms with Crippen LogP contribution in [0.15, 0.2) is 5.51 Å². The topological polar surface area (TPSA) is 70.2 Å². The van der Waals surface area contributed by atoms with E-state index in [-0.39, 0.29) is 6.03 Å². The van der Waals surface area contributed by atoms with Crippen LogP contribution in [0.25, 0.3) is 0 Å². The van der Waals surface area contributed by atoms with Crippen molar-refractivity contribution in [3.8, 4) is 0 Å². The smallest absolute Gasteiger partial charge is 0.321 e. The summed E-state index contributed by atoms with van der Waals surface area (Å²) in [5.74, 6) is 0. The van der Waals surface area contributed by atoms with Crippen molar-refractivity contribution in [2.75, 3.05) is 25.5 Å². The molecule has 0 saturated carbocycles. The molecule has 1 unspecified atom stereocenters. The molecule has 0 bridgehead atoms. The van der Waals surface area contributed by atoms with E-state index in [1.54, 1.807) is 5.51 Å². The molecule has 2 rings (SSSR count). The number of anilines is 1. The fourth-order valence-electron chi connectivity index (χ4n) is 1.82. The van der Waals surface area contributed by atoms with Crippen molar-refractivity contribution in [1.82, 2.24) is 20.4 Å². The lowest BCUT2D eigenvalue weighted by atomic mass is 10.2. The molecule has 0 aliphatic carbocycles. The first-order chi connectivity index (χ1) is 7.75. The van der Waals surface area contributed by atoms with Gasteiger partial charge in [-0.2, -0.15) is 0 Å². The second-order valence-corrected chi connectivity index (χ2v) is 4.69. The Kier molecular flexibility index (Phi) is 3.68. The molecule has 88 valence electrons. The summed E-state index contributed by atoms with van der Waals surface area (Å²) < 4.78 is 0. The Morgan fingerprint density at radius 1 is 1.75 bits per heavy atom. The van der Waals surface area contributed by atoms with E-state index in [1.807, 2.05) is 0 Å². The van der Waals surface area contributed by atoms with E-state index >= 15 is 0 Å². The summed E-state index contributed by atoms with van der Waals surface area (Å²) in [5, 5.41) is 13.4. The first-order valence-corrected chi connectivity index (χ1v) is 6.15. The molecule has 1 fully saturated rings. The summed E-state index contributed by atoms with van der Waals surface area (Å²) in [6.07, 6.45) is 2.36. The second-order valence-electron chi connectivity index (χ2n) is 3.86. The summed E-state index contributed by atoms with van der Waals surface area (Å²) in [4.78, 5) is 13.7. The molecular formula is C9H15N5OS. The molecule has 1 aromatic rings. The Hall–Kier alpha value is -1.21. The fraction of sp³-hybridized carbons (Fsp3) is 0.667. The molecule has 2 heterocycles. The molecule has 7 heteroatoms. The number of nitrogens with zero attached hydrogens (tertiary/aromatic N) is 3. The first-order valence-electron chi connectivity index (χ1n) is 5.27. The summed E-state index contributed by atoms with van der Waals surface area (Å²) >= 11 is 1.31. The van der Waals surface area contributed by atoms with Gasteiger partial charge in [-0.25, -0.2) is 4.79 Å². The van der Waals surface area contributed by atoms with Crippen LogP contribution in [0.2, 0.25) is 0 Å². The molecular weight excluding hydrogens is 226 g/mol. The van der Waals surface area contributed by atoms with Gasteiger partial charge in [-0.05, 0) is 26.4 Å². The van der Waals surface area contributed by atoms with Gasteiger partial charge in [0.1, 0.15) is 5.51 Å². The number of carbonyl (C=O) groups is 1. The third-order valence-corrected chi connectivity index (χ3v) is 3.36. The van der Waals surface area contributed by atoms with Crippen molar-refractivity contribution >= 4 is 22.5 Å². The number of hydrogen-bond donors (Lipinski definition) is 2. The Morgan fingerprint density at radius 3 is 3.25 bits per heavy atom. The lowest BCUT2D eigenvalue weighted by Crippen LogP contribution is -2.40. The zero-order chi connectivity index (χ0) is 11.4. The maximum atomic E-state index is 11.5. The highest BCUT2D eigenvalue weighted by atomic mass is 32.1. The molecule has 2 amide bonds. The lowest BCUT2D eigenvalue weighted by Gasteiger charge is -2.19. The summed E-state index contributed by atoms with van der Waals surface area (Å²) in [6.45, 7) is 1.80. The average Bonchev–Trinajstić information content (AvgIpc) is 2.87. The Balaban J connectivity index is 1.71. The summed E-state index contributed by atoms with van der Waals surface area (Å²) in [5.41, 5.74) is 1.58. The van der Waals surface area contributed by atoms with Crippen molar-refractivity contribution in [2.45, 2.75) is 18.9 Å². The first kappa shape index (κ1) is 11.3. The molecule has 1 atom stereocenters. The molecule has 0 aromatic carbocycles. The largest absolute Gasteiger partial charge is 0.336 e. The standard InChI is InChI=1S/C9H15N5OS/c1-14-4-2-3-7(14)5-10-8(15)12-9-13-11-6-16-9/h6-7H,2-5H2,1H3,(H2,10,12,13,15). The van der Waals surface area contributed by atoms with Crippen molar-refractivity contribution in [3.63, 3.8) is 0 Å². The summed E-state index contributed by atoms with van der Waals surface area (Å²) in [6, 6.07) is 0.247. The molecule has 1 aliphatic rings. The molecule has 6 nitrogen and oxygen atoms in total. The van der Waals surface area contributed by atoms with Gasteiger partial charge >= 0.3 is 6.03 Å². The monoisotopic (exact) mass is 241 g/mol. The lowest BCUT2D eigenvalue weighted by molar-refractivity contribution is 0.245. The molecule has 1 aliphatic heterocycles. The highest BCUT2D eigenvalue weighted by Gasteiger charge is 2.21. The molecule has 0 radical (unpaired) electrons. The zero-order valence-corrected chi connectivity index (χ0v) is 9.96. The van der Waals surface area contributed by atoms with Crippen LogP contribution >= 0.6 is 11.3 Å². The fourth-order valence-corrected chi connectivity index (χ4v) is 2.26. The van der Waals surface area contributed by atoms with Gasteiger partial charge in [0.05, 0.1) is 0 Å². The molecule has 16 heavy (non-hydrogen) atoms. The van der Waals surface area contributed by atoms with Crippen LogP contribution in [0.3, 0.4) is 0 Å². The van der Waals surface area contributed by atoms with Crippen LogP contribution < -0.4 is 10.6 Å². The van der Waals surface area contributed by atoms with Gasteiger partial charge in [-0.3, -0.25) is 5.32 Å². The quantitative estimate of drug-likeness (QED) is 0.819. The van der Waals surface area contributed by atoms with Crippen LogP contribution in [0, 0.1) is 0 Å². The number of nitrogens with one attached hydrogen (secondary N) is 2. The summed E-state index contributed by atoms with van der Waals surface area (Å²) in [7, 11) is 2.09. The molecule has 2 N–H and O–H groups in total. The Morgan fingerprint density at radius 2 is 2.62 bits per heavy atom. The van der Waals surface area contributed by atoms with Crippen LogP contribution in [0.5, 0.6) is 0 Å².